The Kier molecular flexibility index (Phi) is 6.18. The van der Waals surface area contributed by atoms with E-state index >= 15 is 0 Å². The molecule has 0 radical (unpaired) electrons. The summed E-state index contributed by atoms with van der Waals surface area (Å²) in [6, 6.07) is 11.5. The minimum atomic E-state index is -0.251. The van der Waals surface area contributed by atoms with Crippen LogP contribution >= 0.6 is 12.4 Å². The Morgan fingerprint density at radius 2 is 1.69 bits per heavy atom. The Morgan fingerprint density at radius 3 is 2.41 bits per heavy atom. The second-order valence-corrected chi connectivity index (χ2v) is 7.44. The molecular formula is C23H24ClF2N3. The van der Waals surface area contributed by atoms with Crippen LogP contribution in [0.5, 0.6) is 0 Å². The van der Waals surface area contributed by atoms with E-state index in [0.29, 0.717) is 12.2 Å². The first-order chi connectivity index (χ1) is 13.4. The van der Waals surface area contributed by atoms with Crippen molar-refractivity contribution in [2.45, 2.75) is 39.7 Å². The molecule has 3 nitrogen and oxygen atoms in total. The quantitative estimate of drug-likeness (QED) is 0.565. The van der Waals surface area contributed by atoms with Gasteiger partial charge >= 0.3 is 0 Å². The first kappa shape index (κ1) is 21.2. The molecule has 0 saturated carbocycles. The van der Waals surface area contributed by atoms with Gasteiger partial charge in [0.25, 0.3) is 0 Å². The minimum absolute atomic E-state index is 0. The van der Waals surface area contributed by atoms with Gasteiger partial charge in [-0.2, -0.15) is 0 Å². The van der Waals surface area contributed by atoms with Crippen molar-refractivity contribution in [2.24, 2.45) is 0 Å². The standard InChI is InChI=1S/C23H23F2N3.ClH/c1-14-15(2)26-22(12-17-4-7-19(24)8-5-17)27-23(14)28-11-10-18-6-9-20(25)13-21(18)16(28)3;/h4-9,13,16H,10-12H2,1-3H3;1H. The summed E-state index contributed by atoms with van der Waals surface area (Å²) < 4.78 is 27.0. The van der Waals surface area contributed by atoms with Crippen molar-refractivity contribution in [3.63, 3.8) is 0 Å². The highest BCUT2D eigenvalue weighted by Gasteiger charge is 2.27. The Morgan fingerprint density at radius 1 is 1.00 bits per heavy atom. The molecule has 6 heteroatoms. The normalized spacial score (nSPS) is 15.6. The first-order valence-electron chi connectivity index (χ1n) is 9.56. The fourth-order valence-corrected chi connectivity index (χ4v) is 3.89. The maximum atomic E-state index is 13.8. The highest BCUT2D eigenvalue weighted by molar-refractivity contribution is 5.85. The molecule has 0 N–H and O–H groups in total. The van der Waals surface area contributed by atoms with E-state index in [1.165, 1.54) is 23.8 Å². The number of hydrogen-bond acceptors (Lipinski definition) is 3. The monoisotopic (exact) mass is 415 g/mol. The van der Waals surface area contributed by atoms with E-state index in [0.717, 1.165) is 41.2 Å². The van der Waals surface area contributed by atoms with Gasteiger partial charge in [-0.3, -0.25) is 0 Å². The number of aryl methyl sites for hydroxylation is 1. The third-order valence-electron chi connectivity index (χ3n) is 5.60. The maximum Gasteiger partial charge on any atom is 0.136 e. The van der Waals surface area contributed by atoms with Gasteiger partial charge in [0.05, 0.1) is 6.04 Å². The molecule has 1 aliphatic rings. The van der Waals surface area contributed by atoms with E-state index in [1.54, 1.807) is 18.2 Å². The Hall–Kier alpha value is -2.53. The number of hydrogen-bond donors (Lipinski definition) is 0. The molecule has 1 atom stereocenters. The molecule has 1 aliphatic heterocycles. The van der Waals surface area contributed by atoms with E-state index in [4.69, 9.17) is 4.98 Å². The van der Waals surface area contributed by atoms with Crippen LogP contribution in [0.25, 0.3) is 0 Å². The molecule has 1 aromatic heterocycles. The van der Waals surface area contributed by atoms with Crippen LogP contribution in [-0.4, -0.2) is 16.5 Å². The summed E-state index contributed by atoms with van der Waals surface area (Å²) in [6.07, 6.45) is 1.40. The van der Waals surface area contributed by atoms with Crippen molar-refractivity contribution >= 4 is 18.2 Å². The van der Waals surface area contributed by atoms with Crippen molar-refractivity contribution in [2.75, 3.05) is 11.4 Å². The van der Waals surface area contributed by atoms with Crippen molar-refractivity contribution in [3.8, 4) is 0 Å². The summed E-state index contributed by atoms with van der Waals surface area (Å²) in [5.74, 6) is 1.15. The lowest BCUT2D eigenvalue weighted by Gasteiger charge is -2.37. The number of anilines is 1. The molecule has 152 valence electrons. The van der Waals surface area contributed by atoms with Crippen LogP contribution in [0.1, 0.15) is 46.7 Å². The largest absolute Gasteiger partial charge is 0.349 e. The van der Waals surface area contributed by atoms with E-state index in [9.17, 15) is 8.78 Å². The lowest BCUT2D eigenvalue weighted by molar-refractivity contribution is 0.587. The van der Waals surface area contributed by atoms with Crippen LogP contribution < -0.4 is 4.90 Å². The van der Waals surface area contributed by atoms with Crippen molar-refractivity contribution in [1.82, 2.24) is 9.97 Å². The Bertz CT molecular complexity index is 1020. The van der Waals surface area contributed by atoms with E-state index in [1.807, 2.05) is 19.9 Å². The zero-order chi connectivity index (χ0) is 19.8. The summed E-state index contributed by atoms with van der Waals surface area (Å²) >= 11 is 0. The van der Waals surface area contributed by atoms with E-state index in [2.05, 4.69) is 16.8 Å². The number of aromatic nitrogens is 2. The summed E-state index contributed by atoms with van der Waals surface area (Å²) in [4.78, 5) is 11.7. The number of halogens is 3. The zero-order valence-corrected chi connectivity index (χ0v) is 17.6. The van der Waals surface area contributed by atoms with Crippen molar-refractivity contribution in [1.29, 1.82) is 0 Å². The third-order valence-corrected chi connectivity index (χ3v) is 5.60. The van der Waals surface area contributed by atoms with E-state index in [-0.39, 0.29) is 30.1 Å². The molecule has 29 heavy (non-hydrogen) atoms. The Balaban J connectivity index is 0.00000240. The highest BCUT2D eigenvalue weighted by atomic mass is 35.5. The lowest BCUT2D eigenvalue weighted by atomic mass is 9.93. The number of benzene rings is 2. The molecular weight excluding hydrogens is 392 g/mol. The molecule has 4 rings (SSSR count). The number of fused-ring (bicyclic) bond motifs is 1. The van der Waals surface area contributed by atoms with Gasteiger partial charge in [0.1, 0.15) is 23.3 Å². The van der Waals surface area contributed by atoms with Crippen LogP contribution in [0.4, 0.5) is 14.6 Å². The molecule has 3 aromatic rings. The molecule has 0 fully saturated rings. The lowest BCUT2D eigenvalue weighted by Crippen LogP contribution is -2.35. The van der Waals surface area contributed by atoms with Crippen LogP contribution in [0, 0.1) is 25.5 Å². The van der Waals surface area contributed by atoms with Gasteiger partial charge in [-0.05, 0) is 68.1 Å². The SMILES string of the molecule is Cc1nc(Cc2ccc(F)cc2)nc(N2CCc3ccc(F)cc3C2C)c1C.Cl. The fourth-order valence-electron chi connectivity index (χ4n) is 3.89. The highest BCUT2D eigenvalue weighted by Crippen LogP contribution is 2.35. The first-order valence-corrected chi connectivity index (χ1v) is 9.56. The topological polar surface area (TPSA) is 29.0 Å². The summed E-state index contributed by atoms with van der Waals surface area (Å²) in [5, 5.41) is 0. The predicted molar refractivity (Wildman–Crippen MR) is 114 cm³/mol. The molecule has 2 aromatic carbocycles. The Labute approximate surface area is 176 Å². The smallest absolute Gasteiger partial charge is 0.136 e. The van der Waals surface area contributed by atoms with Gasteiger partial charge in [0, 0.05) is 24.2 Å². The van der Waals surface area contributed by atoms with Gasteiger partial charge in [-0.15, -0.1) is 12.4 Å². The molecule has 1 unspecified atom stereocenters. The van der Waals surface area contributed by atoms with Crippen LogP contribution in [0.3, 0.4) is 0 Å². The minimum Gasteiger partial charge on any atom is -0.349 e. The second kappa shape index (κ2) is 8.46. The average Bonchev–Trinajstić information content (AvgIpc) is 2.67. The van der Waals surface area contributed by atoms with Gasteiger partial charge < -0.3 is 4.90 Å². The molecule has 0 spiro atoms. The van der Waals surface area contributed by atoms with Gasteiger partial charge in [0.2, 0.25) is 0 Å². The average molecular weight is 416 g/mol. The molecule has 2 heterocycles. The summed E-state index contributed by atoms with van der Waals surface area (Å²) in [5.41, 5.74) is 5.14. The number of rotatable bonds is 3. The number of nitrogens with zero attached hydrogens (tertiary/aromatic N) is 3. The van der Waals surface area contributed by atoms with Crippen molar-refractivity contribution in [3.05, 3.63) is 87.9 Å². The second-order valence-electron chi connectivity index (χ2n) is 7.44. The fraction of sp³-hybridized carbons (Fsp3) is 0.304. The molecule has 0 saturated heterocycles. The third kappa shape index (κ3) is 4.25. The van der Waals surface area contributed by atoms with E-state index < -0.39 is 0 Å². The summed E-state index contributed by atoms with van der Waals surface area (Å²) in [7, 11) is 0. The van der Waals surface area contributed by atoms with Gasteiger partial charge in [0.15, 0.2) is 0 Å². The summed E-state index contributed by atoms with van der Waals surface area (Å²) in [6.45, 7) is 6.93. The predicted octanol–water partition coefficient (Wildman–Crippen LogP) is 5.51. The van der Waals surface area contributed by atoms with Crippen LogP contribution in [-0.2, 0) is 12.8 Å². The molecule has 0 amide bonds. The molecule has 0 bridgehead atoms. The maximum absolute atomic E-state index is 13.8. The van der Waals surface area contributed by atoms with Crippen LogP contribution in [0.15, 0.2) is 42.5 Å². The molecule has 0 aliphatic carbocycles. The van der Waals surface area contributed by atoms with Crippen molar-refractivity contribution < 1.29 is 8.78 Å². The zero-order valence-electron chi connectivity index (χ0n) is 16.7. The van der Waals surface area contributed by atoms with Crippen LogP contribution in [0.2, 0.25) is 0 Å². The van der Waals surface area contributed by atoms with Gasteiger partial charge in [-0.1, -0.05) is 18.2 Å². The van der Waals surface area contributed by atoms with Gasteiger partial charge in [-0.25, -0.2) is 18.7 Å².